The molecule has 1 fully saturated rings. The van der Waals surface area contributed by atoms with Gasteiger partial charge in [0, 0.05) is 18.5 Å². The number of carbonyl (C=O) groups is 1. The predicted molar refractivity (Wildman–Crippen MR) is 86.8 cm³/mol. The third-order valence-corrected chi connectivity index (χ3v) is 5.20. The molecule has 2 aliphatic heterocycles. The second kappa shape index (κ2) is 6.48. The van der Waals surface area contributed by atoms with Crippen LogP contribution in [0.3, 0.4) is 0 Å². The van der Waals surface area contributed by atoms with Crippen LogP contribution in [-0.2, 0) is 20.1 Å². The van der Waals surface area contributed by atoms with Crippen molar-refractivity contribution in [2.75, 3.05) is 6.54 Å². The number of rotatable bonds is 3. The van der Waals surface area contributed by atoms with E-state index in [-0.39, 0.29) is 30.2 Å². The van der Waals surface area contributed by atoms with E-state index < -0.39 is 37.3 Å². The molecule has 2 atom stereocenters. The average Bonchev–Trinajstić information content (AvgIpc) is 2.91. The minimum absolute atomic E-state index is 0.0119. The van der Waals surface area contributed by atoms with Crippen LogP contribution in [0, 0.1) is 0 Å². The molecule has 2 heterocycles. The van der Waals surface area contributed by atoms with Gasteiger partial charge in [0.05, 0.1) is 11.6 Å². The molecule has 7 nitrogen and oxygen atoms in total. The Labute approximate surface area is 153 Å². The number of fused-ring (bicyclic) bond motifs is 1. The number of nitrogens with zero attached hydrogens (tertiary/aromatic N) is 1. The van der Waals surface area contributed by atoms with E-state index in [1.54, 1.807) is 0 Å². The maximum Gasteiger partial charge on any atom is 0.470 e. The summed E-state index contributed by atoms with van der Waals surface area (Å²) in [5, 5.41) is 0. The van der Waals surface area contributed by atoms with E-state index in [1.807, 2.05) is 0 Å². The van der Waals surface area contributed by atoms with Gasteiger partial charge in [-0.15, -0.1) is 0 Å². The zero-order valence-electron chi connectivity index (χ0n) is 14.6. The van der Waals surface area contributed by atoms with Crippen LogP contribution in [0.25, 0.3) is 0 Å². The summed E-state index contributed by atoms with van der Waals surface area (Å²) in [6.45, 7) is 3.25. The first-order valence-corrected chi connectivity index (χ1v) is 9.76. The summed E-state index contributed by atoms with van der Waals surface area (Å²) in [6, 6.07) is 1.74. The molecule has 0 radical (unpaired) electrons. The number of hydrogen-bond acceptors (Lipinski definition) is 4. The molecular weight excluding hydrogens is 390 g/mol. The Morgan fingerprint density at radius 3 is 2.52 bits per heavy atom. The van der Waals surface area contributed by atoms with E-state index in [0.717, 1.165) is 18.2 Å². The molecule has 2 aliphatic rings. The van der Waals surface area contributed by atoms with E-state index in [4.69, 9.17) is 9.26 Å². The summed E-state index contributed by atoms with van der Waals surface area (Å²) < 4.78 is 61.7. The smallest absolute Gasteiger partial charge is 0.470 e. The molecule has 3 rings (SSSR count). The molecule has 1 amide bonds. The molecule has 0 saturated carbocycles. The lowest BCUT2D eigenvalue weighted by molar-refractivity contribution is -0.140. The monoisotopic (exact) mass is 409 g/mol. The van der Waals surface area contributed by atoms with Crippen molar-refractivity contribution in [2.45, 2.75) is 50.6 Å². The highest BCUT2D eigenvalue weighted by molar-refractivity contribution is 7.46. The highest BCUT2D eigenvalue weighted by Gasteiger charge is 2.52. The topological polar surface area (TPSA) is 96.3 Å². The summed E-state index contributed by atoms with van der Waals surface area (Å²) >= 11 is 0. The lowest BCUT2D eigenvalue weighted by atomic mass is 9.85. The third kappa shape index (κ3) is 3.99. The quantitative estimate of drug-likeness (QED) is 0.746. The molecule has 11 heteroatoms. The number of hydrogen-bond donors (Lipinski definition) is 2. The van der Waals surface area contributed by atoms with Crippen LogP contribution in [0.4, 0.5) is 13.2 Å². The van der Waals surface area contributed by atoms with E-state index in [9.17, 15) is 32.3 Å². The molecule has 0 unspecified atom stereocenters. The molecule has 1 aromatic rings. The van der Waals surface area contributed by atoms with Crippen LogP contribution < -0.4 is 4.74 Å². The number of ether oxygens (including phenoxy) is 1. The van der Waals surface area contributed by atoms with Gasteiger partial charge in [-0.05, 0) is 38.5 Å². The van der Waals surface area contributed by atoms with Crippen molar-refractivity contribution >= 4 is 13.7 Å². The van der Waals surface area contributed by atoms with Gasteiger partial charge in [0.15, 0.2) is 0 Å². The highest BCUT2D eigenvalue weighted by atomic mass is 31.2. The molecule has 150 valence electrons. The van der Waals surface area contributed by atoms with Gasteiger partial charge in [0.25, 0.3) is 0 Å². The van der Waals surface area contributed by atoms with Gasteiger partial charge in [-0.1, -0.05) is 0 Å². The van der Waals surface area contributed by atoms with Crippen molar-refractivity contribution in [3.8, 4) is 5.75 Å². The second-order valence-electron chi connectivity index (χ2n) is 7.11. The van der Waals surface area contributed by atoms with E-state index >= 15 is 0 Å². The SMILES string of the molecule is CC1(C)Oc2ccc(C(F)(F)F)cc2[C@H](N2CCCC2=O)[C@@H]1OP(=O)(O)O. The van der Waals surface area contributed by atoms with Crippen LogP contribution in [0.2, 0.25) is 0 Å². The summed E-state index contributed by atoms with van der Waals surface area (Å²) in [4.78, 5) is 32.2. The van der Waals surface area contributed by atoms with E-state index in [2.05, 4.69) is 0 Å². The van der Waals surface area contributed by atoms with Gasteiger partial charge in [-0.2, -0.15) is 13.2 Å². The Morgan fingerprint density at radius 1 is 1.33 bits per heavy atom. The number of benzene rings is 1. The van der Waals surface area contributed by atoms with Crippen LogP contribution in [0.1, 0.15) is 43.9 Å². The lowest BCUT2D eigenvalue weighted by Crippen LogP contribution is -2.54. The molecule has 0 aliphatic carbocycles. The summed E-state index contributed by atoms with van der Waals surface area (Å²) in [5.74, 6) is -0.205. The maximum absolute atomic E-state index is 13.2. The third-order valence-electron chi connectivity index (χ3n) is 4.70. The second-order valence-corrected chi connectivity index (χ2v) is 8.30. The van der Waals surface area contributed by atoms with Crippen molar-refractivity contribution in [1.29, 1.82) is 0 Å². The Hall–Kier alpha value is -1.61. The first kappa shape index (κ1) is 20.1. The zero-order valence-corrected chi connectivity index (χ0v) is 15.5. The van der Waals surface area contributed by atoms with Gasteiger partial charge >= 0.3 is 14.0 Å². The fraction of sp³-hybridized carbons (Fsp3) is 0.562. The molecule has 27 heavy (non-hydrogen) atoms. The van der Waals surface area contributed by atoms with Crippen molar-refractivity contribution in [2.24, 2.45) is 0 Å². The number of carbonyl (C=O) groups excluding carboxylic acids is 1. The van der Waals surface area contributed by atoms with Crippen molar-refractivity contribution in [1.82, 2.24) is 4.90 Å². The van der Waals surface area contributed by atoms with Crippen LogP contribution in [0.15, 0.2) is 18.2 Å². The zero-order chi connectivity index (χ0) is 20.2. The molecule has 0 aromatic heterocycles. The van der Waals surface area contributed by atoms with Crippen molar-refractivity contribution in [3.63, 3.8) is 0 Å². The maximum atomic E-state index is 13.2. The molecule has 2 N–H and O–H groups in total. The van der Waals surface area contributed by atoms with E-state index in [0.29, 0.717) is 6.42 Å². The summed E-state index contributed by atoms with van der Waals surface area (Å²) in [5.41, 5.74) is -2.24. The van der Waals surface area contributed by atoms with Gasteiger partial charge < -0.3 is 19.4 Å². The Kier molecular flexibility index (Phi) is 4.83. The molecule has 0 bridgehead atoms. The first-order chi connectivity index (χ1) is 12.3. The van der Waals surface area contributed by atoms with E-state index in [1.165, 1.54) is 18.7 Å². The van der Waals surface area contributed by atoms with Crippen molar-refractivity contribution < 1.29 is 41.6 Å². The normalized spacial score (nSPS) is 25.3. The summed E-state index contributed by atoms with van der Waals surface area (Å²) in [7, 11) is -5.01. The van der Waals surface area contributed by atoms with Gasteiger partial charge in [-0.3, -0.25) is 9.32 Å². The summed E-state index contributed by atoms with van der Waals surface area (Å²) in [6.07, 6.45) is -5.29. The van der Waals surface area contributed by atoms with Crippen LogP contribution in [0.5, 0.6) is 5.75 Å². The predicted octanol–water partition coefficient (Wildman–Crippen LogP) is 3.02. The fourth-order valence-electron chi connectivity index (χ4n) is 3.56. The minimum atomic E-state index is -5.01. The molecule has 0 spiro atoms. The van der Waals surface area contributed by atoms with Gasteiger partial charge in [0.1, 0.15) is 17.5 Å². The van der Waals surface area contributed by atoms with Gasteiger partial charge in [-0.25, -0.2) is 4.57 Å². The van der Waals surface area contributed by atoms with Gasteiger partial charge in [0.2, 0.25) is 5.91 Å². The number of amides is 1. The molecular formula is C16H19F3NO6P. The molecule has 1 aromatic carbocycles. The Balaban J connectivity index is 2.17. The Bertz CT molecular complexity index is 806. The lowest BCUT2D eigenvalue weighted by Gasteiger charge is -2.47. The first-order valence-electron chi connectivity index (χ1n) is 8.23. The highest BCUT2D eigenvalue weighted by Crippen LogP contribution is 2.52. The fourth-order valence-corrected chi connectivity index (χ4v) is 4.23. The number of likely N-dealkylation sites (tertiary alicyclic amines) is 1. The van der Waals surface area contributed by atoms with Crippen molar-refractivity contribution in [3.05, 3.63) is 29.3 Å². The van der Waals surface area contributed by atoms with Crippen LogP contribution >= 0.6 is 7.82 Å². The number of alkyl halides is 3. The number of phosphoric ester groups is 1. The standard InChI is InChI=1S/C16H19F3NO6P/c1-15(2)14(26-27(22,23)24)13(20-7-3-4-12(20)21)10-8-9(16(17,18)19)5-6-11(10)25-15/h5-6,8,13-14H,3-4,7H2,1-2H3,(H2,22,23,24)/t13-,14-/m0/s1. The minimum Gasteiger partial charge on any atom is -0.485 e. The van der Waals surface area contributed by atoms with Crippen LogP contribution in [-0.4, -0.2) is 38.8 Å². The number of phosphoric acid groups is 1. The molecule has 1 saturated heterocycles. The largest absolute Gasteiger partial charge is 0.485 e. The number of halogens is 3. The Morgan fingerprint density at radius 2 is 2.00 bits per heavy atom. The average molecular weight is 409 g/mol.